The number of thioether (sulfide) groups is 1. The van der Waals surface area contributed by atoms with Crippen molar-refractivity contribution in [1.82, 2.24) is 9.72 Å². The summed E-state index contributed by atoms with van der Waals surface area (Å²) >= 11 is 1.35. The molecule has 0 saturated heterocycles. The van der Waals surface area contributed by atoms with E-state index in [9.17, 15) is 14.0 Å². The number of aryl methyl sites for hydroxylation is 2. The number of ether oxygens (including phenoxy) is 1. The first-order valence-electron chi connectivity index (χ1n) is 8.99. The monoisotopic (exact) mass is 416 g/mol. The van der Waals surface area contributed by atoms with E-state index in [0.29, 0.717) is 28.6 Å². The molecule has 0 aliphatic rings. The first-order valence-corrected chi connectivity index (χ1v) is 10.1. The average molecular weight is 416 g/mol. The van der Waals surface area contributed by atoms with E-state index in [-0.39, 0.29) is 24.0 Å². The van der Waals surface area contributed by atoms with Crippen LogP contribution in [0.2, 0.25) is 0 Å². The Balaban J connectivity index is 1.52. The van der Waals surface area contributed by atoms with Crippen molar-refractivity contribution < 1.29 is 23.2 Å². The number of carbonyl (C=O) groups is 2. The molecule has 0 atom stereocenters. The van der Waals surface area contributed by atoms with Crippen LogP contribution in [0.4, 0.5) is 4.39 Å². The molecule has 3 aromatic rings. The van der Waals surface area contributed by atoms with Crippen molar-refractivity contribution >= 4 is 23.5 Å². The number of nitrogens with zero attached hydrogens (tertiary/aromatic N) is 2. The number of Topliss-reactive ketones (excluding diaryl/α,β-unsaturated/α-hetero) is 1. The third-order valence-electron chi connectivity index (χ3n) is 4.34. The van der Waals surface area contributed by atoms with Gasteiger partial charge in [0.1, 0.15) is 11.6 Å². The number of hydrogen-bond donors (Lipinski definition) is 0. The highest BCUT2D eigenvalue weighted by Crippen LogP contribution is 2.21. The predicted octanol–water partition coefficient (Wildman–Crippen LogP) is 4.19. The van der Waals surface area contributed by atoms with E-state index in [2.05, 4.69) is 5.16 Å². The third kappa shape index (κ3) is 5.14. The summed E-state index contributed by atoms with van der Waals surface area (Å²) in [5, 5.41) is 3.99. The first-order chi connectivity index (χ1) is 13.8. The van der Waals surface area contributed by atoms with Gasteiger partial charge in [-0.15, -0.1) is 11.8 Å². The Labute approximate surface area is 172 Å². The van der Waals surface area contributed by atoms with Crippen molar-refractivity contribution in [3.63, 3.8) is 0 Å². The van der Waals surface area contributed by atoms with Crippen molar-refractivity contribution in [3.8, 4) is 5.82 Å². The second-order valence-corrected chi connectivity index (χ2v) is 7.60. The van der Waals surface area contributed by atoms with Crippen LogP contribution in [0, 0.1) is 26.6 Å². The number of rotatable bonds is 8. The largest absolute Gasteiger partial charge is 0.457 e. The van der Waals surface area contributed by atoms with Gasteiger partial charge in [0.2, 0.25) is 5.78 Å². The van der Waals surface area contributed by atoms with E-state index in [4.69, 9.17) is 9.26 Å². The van der Waals surface area contributed by atoms with Crippen LogP contribution in [0.5, 0.6) is 0 Å². The Morgan fingerprint density at radius 2 is 1.90 bits per heavy atom. The van der Waals surface area contributed by atoms with Gasteiger partial charge in [0.25, 0.3) is 0 Å². The van der Waals surface area contributed by atoms with Crippen molar-refractivity contribution in [2.45, 2.75) is 26.5 Å². The summed E-state index contributed by atoms with van der Waals surface area (Å²) in [5.74, 6) is 0.907. The van der Waals surface area contributed by atoms with Gasteiger partial charge in [0.05, 0.1) is 5.75 Å². The van der Waals surface area contributed by atoms with Crippen LogP contribution in [0.15, 0.2) is 40.9 Å². The zero-order chi connectivity index (χ0) is 21.0. The molecule has 0 radical (unpaired) electrons. The van der Waals surface area contributed by atoms with Crippen LogP contribution in [0.3, 0.4) is 0 Å². The summed E-state index contributed by atoms with van der Waals surface area (Å²) < 4.78 is 24.9. The minimum absolute atomic E-state index is 0.113. The minimum atomic E-state index is -0.466. The highest BCUT2D eigenvalue weighted by Gasteiger charge is 2.19. The molecule has 6 nitrogen and oxygen atoms in total. The quantitative estimate of drug-likeness (QED) is 0.405. The third-order valence-corrected chi connectivity index (χ3v) is 5.32. The molecule has 0 aliphatic heterocycles. The molecule has 152 valence electrons. The molecule has 3 rings (SSSR count). The maximum Gasteiger partial charge on any atom is 0.316 e. The topological polar surface area (TPSA) is 74.3 Å². The zero-order valence-electron chi connectivity index (χ0n) is 16.4. The Bertz CT molecular complexity index is 1020. The number of carbonyl (C=O) groups excluding carboxylic acids is 2. The fraction of sp³-hybridized carbons (Fsp3) is 0.286. The summed E-state index contributed by atoms with van der Waals surface area (Å²) in [5.41, 5.74) is 2.94. The highest BCUT2D eigenvalue weighted by molar-refractivity contribution is 7.99. The summed E-state index contributed by atoms with van der Waals surface area (Å²) in [4.78, 5) is 24.4. The molecular weight excluding hydrogens is 395 g/mol. The summed E-state index contributed by atoms with van der Waals surface area (Å²) in [7, 11) is 0. The van der Waals surface area contributed by atoms with Gasteiger partial charge in [-0.2, -0.15) is 0 Å². The Kier molecular flexibility index (Phi) is 6.53. The second-order valence-electron chi connectivity index (χ2n) is 6.62. The van der Waals surface area contributed by atoms with Crippen molar-refractivity contribution in [1.29, 1.82) is 0 Å². The van der Waals surface area contributed by atoms with E-state index in [0.717, 1.165) is 11.3 Å². The van der Waals surface area contributed by atoms with E-state index in [1.165, 1.54) is 23.9 Å². The Morgan fingerprint density at radius 1 is 1.17 bits per heavy atom. The van der Waals surface area contributed by atoms with Gasteiger partial charge in [-0.05, 0) is 44.5 Å². The molecule has 0 fully saturated rings. The maximum absolute atomic E-state index is 12.9. The molecule has 0 spiro atoms. The van der Waals surface area contributed by atoms with E-state index in [1.807, 2.05) is 18.4 Å². The number of hydrogen-bond acceptors (Lipinski definition) is 6. The van der Waals surface area contributed by atoms with Gasteiger partial charge in [-0.3, -0.25) is 14.2 Å². The van der Waals surface area contributed by atoms with Crippen LogP contribution in [-0.4, -0.2) is 33.8 Å². The average Bonchev–Trinajstić information content (AvgIpc) is 3.23. The van der Waals surface area contributed by atoms with Crippen molar-refractivity contribution in [3.05, 3.63) is 70.5 Å². The molecule has 0 N–H and O–H groups in total. The normalized spacial score (nSPS) is 10.9. The van der Waals surface area contributed by atoms with Gasteiger partial charge in [-0.25, -0.2) is 4.39 Å². The van der Waals surface area contributed by atoms with Crippen LogP contribution in [0.25, 0.3) is 5.82 Å². The number of esters is 1. The molecule has 2 heterocycles. The molecule has 29 heavy (non-hydrogen) atoms. The lowest BCUT2D eigenvalue weighted by molar-refractivity contribution is -0.139. The first kappa shape index (κ1) is 20.9. The van der Waals surface area contributed by atoms with E-state index < -0.39 is 5.97 Å². The number of ketones is 1. The Morgan fingerprint density at radius 3 is 2.55 bits per heavy atom. The SMILES string of the molecule is Cc1cc(-n2c(C)cc(C(=O)COC(=O)CSCc3ccc(F)cc3)c2C)no1. The molecule has 0 amide bonds. The molecule has 0 saturated carbocycles. The lowest BCUT2D eigenvalue weighted by Gasteiger charge is -2.06. The smallest absolute Gasteiger partial charge is 0.316 e. The van der Waals surface area contributed by atoms with E-state index >= 15 is 0 Å². The van der Waals surface area contributed by atoms with Crippen molar-refractivity contribution in [2.24, 2.45) is 0 Å². The van der Waals surface area contributed by atoms with E-state index in [1.54, 1.807) is 31.2 Å². The van der Waals surface area contributed by atoms with Crippen molar-refractivity contribution in [2.75, 3.05) is 12.4 Å². The second kappa shape index (κ2) is 9.09. The van der Waals surface area contributed by atoms with Crippen LogP contribution in [-0.2, 0) is 15.3 Å². The van der Waals surface area contributed by atoms with Gasteiger partial charge in [0, 0.05) is 28.8 Å². The number of halogens is 1. The molecule has 0 bridgehead atoms. The van der Waals surface area contributed by atoms with Gasteiger partial charge >= 0.3 is 5.97 Å². The number of benzene rings is 1. The highest BCUT2D eigenvalue weighted by atomic mass is 32.2. The van der Waals surface area contributed by atoms with Gasteiger partial charge in [0.15, 0.2) is 12.4 Å². The number of aromatic nitrogens is 2. The lowest BCUT2D eigenvalue weighted by atomic mass is 10.1. The van der Waals surface area contributed by atoms with Crippen LogP contribution >= 0.6 is 11.8 Å². The van der Waals surface area contributed by atoms with Gasteiger partial charge in [-0.1, -0.05) is 17.3 Å². The summed E-state index contributed by atoms with van der Waals surface area (Å²) in [6, 6.07) is 9.63. The molecule has 2 aromatic heterocycles. The maximum atomic E-state index is 12.9. The lowest BCUT2D eigenvalue weighted by Crippen LogP contribution is -2.16. The van der Waals surface area contributed by atoms with Gasteiger partial charge < -0.3 is 9.26 Å². The standard InChI is InChI=1S/C21H21FN2O4S/c1-13-8-18(15(3)24(13)20-9-14(2)28-23-20)19(25)10-27-21(26)12-29-11-16-4-6-17(22)7-5-16/h4-9H,10-12H2,1-3H3. The predicted molar refractivity (Wildman–Crippen MR) is 108 cm³/mol. The molecule has 1 aromatic carbocycles. The van der Waals surface area contributed by atoms with Crippen LogP contribution in [0.1, 0.15) is 33.1 Å². The molecule has 8 heteroatoms. The Hall–Kier alpha value is -2.87. The van der Waals surface area contributed by atoms with Crippen LogP contribution < -0.4 is 0 Å². The summed E-state index contributed by atoms with van der Waals surface area (Å²) in [6.07, 6.45) is 0. The fourth-order valence-corrected chi connectivity index (χ4v) is 3.73. The minimum Gasteiger partial charge on any atom is -0.457 e. The fourth-order valence-electron chi connectivity index (χ4n) is 2.95. The molecule has 0 aliphatic carbocycles. The summed E-state index contributed by atoms with van der Waals surface area (Å²) in [6.45, 7) is 5.15. The zero-order valence-corrected chi connectivity index (χ0v) is 17.2. The molecule has 0 unspecified atom stereocenters. The molecular formula is C21H21FN2O4S.